The first-order valence-corrected chi connectivity index (χ1v) is 3.90. The van der Waals surface area contributed by atoms with Crippen LogP contribution in [0.25, 0.3) is 0 Å². The van der Waals surface area contributed by atoms with Crippen LogP contribution in [-0.2, 0) is 14.3 Å². The lowest BCUT2D eigenvalue weighted by molar-refractivity contribution is -0.154. The van der Waals surface area contributed by atoms with Crippen LogP contribution in [0.1, 0.15) is 32.6 Å². The number of ketones is 1. The Hall–Kier alpha value is -0.860. The lowest BCUT2D eigenvalue weighted by Crippen LogP contribution is -2.29. The SMILES string of the molecule is CC(=O)O[C@H]1CCCCC1=O. The second kappa shape index (κ2) is 3.51. The molecule has 0 saturated heterocycles. The molecule has 0 radical (unpaired) electrons. The molecule has 0 heterocycles. The first-order chi connectivity index (χ1) is 5.20. The summed E-state index contributed by atoms with van der Waals surface area (Å²) in [7, 11) is 0. The van der Waals surface area contributed by atoms with E-state index in [9.17, 15) is 9.59 Å². The molecule has 0 unspecified atom stereocenters. The number of esters is 1. The first-order valence-electron chi connectivity index (χ1n) is 3.90. The van der Waals surface area contributed by atoms with Crippen molar-refractivity contribution in [1.82, 2.24) is 0 Å². The number of hydrogen-bond acceptors (Lipinski definition) is 3. The Morgan fingerprint density at radius 1 is 1.55 bits per heavy atom. The van der Waals surface area contributed by atoms with Crippen molar-refractivity contribution in [3.05, 3.63) is 0 Å². The zero-order valence-electron chi connectivity index (χ0n) is 6.63. The molecule has 11 heavy (non-hydrogen) atoms. The normalized spacial score (nSPS) is 24.8. The molecule has 0 bridgehead atoms. The van der Waals surface area contributed by atoms with E-state index in [1.807, 2.05) is 0 Å². The number of Topliss-reactive ketones (excluding diaryl/α,β-unsaturated/α-hetero) is 1. The summed E-state index contributed by atoms with van der Waals surface area (Å²) in [5, 5.41) is 0. The molecule has 3 heteroatoms. The molecule has 1 aliphatic carbocycles. The van der Waals surface area contributed by atoms with Gasteiger partial charge in [0, 0.05) is 13.3 Å². The number of rotatable bonds is 1. The van der Waals surface area contributed by atoms with Gasteiger partial charge in [-0.1, -0.05) is 0 Å². The van der Waals surface area contributed by atoms with Crippen LogP contribution < -0.4 is 0 Å². The topological polar surface area (TPSA) is 43.4 Å². The van der Waals surface area contributed by atoms with Gasteiger partial charge >= 0.3 is 5.97 Å². The maximum Gasteiger partial charge on any atom is 0.303 e. The standard InChI is InChI=1S/C8H12O3/c1-6(9)11-8-5-3-2-4-7(8)10/h8H,2-5H2,1H3/t8-/m0/s1. The van der Waals surface area contributed by atoms with Gasteiger partial charge in [0.1, 0.15) is 0 Å². The minimum absolute atomic E-state index is 0.0754. The molecular formula is C8H12O3. The zero-order chi connectivity index (χ0) is 8.27. The molecule has 0 aromatic heterocycles. The van der Waals surface area contributed by atoms with Crippen molar-refractivity contribution in [2.45, 2.75) is 38.7 Å². The van der Waals surface area contributed by atoms with E-state index in [2.05, 4.69) is 0 Å². The van der Waals surface area contributed by atoms with Gasteiger partial charge in [0.2, 0.25) is 0 Å². The Bertz CT molecular complexity index is 174. The Kier molecular flexibility index (Phi) is 2.63. The average molecular weight is 156 g/mol. The van der Waals surface area contributed by atoms with Crippen LogP contribution in [0.2, 0.25) is 0 Å². The molecule has 62 valence electrons. The van der Waals surface area contributed by atoms with Crippen molar-refractivity contribution in [1.29, 1.82) is 0 Å². The quantitative estimate of drug-likeness (QED) is 0.533. The van der Waals surface area contributed by atoms with Crippen LogP contribution in [0, 0.1) is 0 Å². The van der Waals surface area contributed by atoms with E-state index in [1.54, 1.807) is 0 Å². The molecular weight excluding hydrogens is 144 g/mol. The van der Waals surface area contributed by atoms with E-state index in [1.165, 1.54) is 6.92 Å². The van der Waals surface area contributed by atoms with Crippen LogP contribution in [0.5, 0.6) is 0 Å². The van der Waals surface area contributed by atoms with Gasteiger partial charge in [0.05, 0.1) is 0 Å². The van der Waals surface area contributed by atoms with Gasteiger partial charge in [-0.2, -0.15) is 0 Å². The van der Waals surface area contributed by atoms with E-state index in [0.717, 1.165) is 12.8 Å². The van der Waals surface area contributed by atoms with Crippen LogP contribution in [-0.4, -0.2) is 17.9 Å². The van der Waals surface area contributed by atoms with Crippen LogP contribution >= 0.6 is 0 Å². The highest BCUT2D eigenvalue weighted by atomic mass is 16.5. The van der Waals surface area contributed by atoms with E-state index in [4.69, 9.17) is 4.74 Å². The number of carbonyl (C=O) groups excluding carboxylic acids is 2. The summed E-state index contributed by atoms with van der Waals surface area (Å²) in [6.45, 7) is 1.34. The fourth-order valence-electron chi connectivity index (χ4n) is 1.28. The maximum absolute atomic E-state index is 11.1. The third kappa shape index (κ3) is 2.33. The van der Waals surface area contributed by atoms with Gasteiger partial charge in [-0.25, -0.2) is 0 Å². The van der Waals surface area contributed by atoms with Crippen molar-refractivity contribution >= 4 is 11.8 Å². The molecule has 1 fully saturated rings. The zero-order valence-corrected chi connectivity index (χ0v) is 6.63. The molecule has 1 rings (SSSR count). The van der Waals surface area contributed by atoms with Gasteiger partial charge in [0.15, 0.2) is 11.9 Å². The molecule has 0 spiro atoms. The summed E-state index contributed by atoms with van der Waals surface area (Å²) in [5.41, 5.74) is 0. The second-order valence-corrected chi connectivity index (χ2v) is 2.81. The van der Waals surface area contributed by atoms with Crippen LogP contribution in [0.3, 0.4) is 0 Å². The summed E-state index contributed by atoms with van der Waals surface area (Å²) in [4.78, 5) is 21.5. The highest BCUT2D eigenvalue weighted by molar-refractivity contribution is 5.85. The van der Waals surface area contributed by atoms with E-state index < -0.39 is 6.10 Å². The van der Waals surface area contributed by atoms with E-state index >= 15 is 0 Å². The van der Waals surface area contributed by atoms with Crippen molar-refractivity contribution in [3.63, 3.8) is 0 Å². The largest absolute Gasteiger partial charge is 0.455 e. The van der Waals surface area contributed by atoms with E-state index in [0.29, 0.717) is 12.8 Å². The number of ether oxygens (including phenoxy) is 1. The summed E-state index contributed by atoms with van der Waals surface area (Å²) in [5.74, 6) is -0.281. The van der Waals surface area contributed by atoms with Gasteiger partial charge < -0.3 is 4.74 Å². The summed E-state index contributed by atoms with van der Waals surface area (Å²) >= 11 is 0. The predicted molar refractivity (Wildman–Crippen MR) is 39.0 cm³/mol. The summed E-state index contributed by atoms with van der Waals surface area (Å²) < 4.78 is 4.81. The Balaban J connectivity index is 2.42. The minimum Gasteiger partial charge on any atom is -0.455 e. The molecule has 3 nitrogen and oxygen atoms in total. The predicted octanol–water partition coefficient (Wildman–Crippen LogP) is 1.06. The fraction of sp³-hybridized carbons (Fsp3) is 0.750. The average Bonchev–Trinajstić information content (AvgIpc) is 1.93. The molecule has 0 aliphatic heterocycles. The van der Waals surface area contributed by atoms with E-state index in [-0.39, 0.29) is 11.8 Å². The number of carbonyl (C=O) groups is 2. The highest BCUT2D eigenvalue weighted by Crippen LogP contribution is 2.17. The fourth-order valence-corrected chi connectivity index (χ4v) is 1.28. The third-order valence-corrected chi connectivity index (χ3v) is 1.81. The molecule has 1 atom stereocenters. The first kappa shape index (κ1) is 8.24. The molecule has 0 N–H and O–H groups in total. The van der Waals surface area contributed by atoms with Gasteiger partial charge in [-0.3, -0.25) is 9.59 Å². The highest BCUT2D eigenvalue weighted by Gasteiger charge is 2.24. The minimum atomic E-state index is -0.443. The van der Waals surface area contributed by atoms with Gasteiger partial charge in [0.25, 0.3) is 0 Å². The lowest BCUT2D eigenvalue weighted by atomic mass is 9.96. The van der Waals surface area contributed by atoms with Crippen LogP contribution in [0.15, 0.2) is 0 Å². The lowest BCUT2D eigenvalue weighted by Gasteiger charge is -2.19. The van der Waals surface area contributed by atoms with Gasteiger partial charge in [-0.15, -0.1) is 0 Å². The van der Waals surface area contributed by atoms with Crippen molar-refractivity contribution in [2.75, 3.05) is 0 Å². The summed E-state index contributed by atoms with van der Waals surface area (Å²) in [6, 6.07) is 0. The van der Waals surface area contributed by atoms with Crippen molar-refractivity contribution in [3.8, 4) is 0 Å². The third-order valence-electron chi connectivity index (χ3n) is 1.81. The van der Waals surface area contributed by atoms with Crippen LogP contribution in [0.4, 0.5) is 0 Å². The Morgan fingerprint density at radius 2 is 2.27 bits per heavy atom. The molecule has 1 aliphatic rings. The molecule has 0 aromatic rings. The smallest absolute Gasteiger partial charge is 0.303 e. The molecule has 0 aromatic carbocycles. The molecule has 1 saturated carbocycles. The monoisotopic (exact) mass is 156 g/mol. The molecule has 0 amide bonds. The Labute approximate surface area is 65.7 Å². The van der Waals surface area contributed by atoms with Crippen molar-refractivity contribution < 1.29 is 14.3 Å². The maximum atomic E-state index is 11.1. The van der Waals surface area contributed by atoms with Gasteiger partial charge in [-0.05, 0) is 19.3 Å². The number of hydrogen-bond donors (Lipinski definition) is 0. The Morgan fingerprint density at radius 3 is 2.82 bits per heavy atom. The van der Waals surface area contributed by atoms with Crippen molar-refractivity contribution in [2.24, 2.45) is 0 Å². The summed E-state index contributed by atoms with van der Waals surface area (Å²) in [6.07, 6.45) is 2.76. The second-order valence-electron chi connectivity index (χ2n) is 2.81.